The average Bonchev–Trinajstić information content (AvgIpc) is 2.42. The van der Waals surface area contributed by atoms with E-state index in [1.807, 2.05) is 0 Å². The number of carbonyl (C=O) groups excluding carboxylic acids is 3. The lowest BCUT2D eigenvalue weighted by molar-refractivity contribution is -0.192. The maximum Gasteiger partial charge on any atom is 0.490 e. The number of nitrogens with one attached hydrogen (secondary N) is 1. The highest BCUT2D eigenvalue weighted by Gasteiger charge is 2.38. The maximum absolute atomic E-state index is 11.3. The zero-order chi connectivity index (χ0) is 20.4. The van der Waals surface area contributed by atoms with E-state index < -0.39 is 42.3 Å². The van der Waals surface area contributed by atoms with Crippen LogP contribution in [0.15, 0.2) is 0 Å². The molecule has 10 nitrogen and oxygen atoms in total. The SMILES string of the molecule is CC(C)[C@H](N)C(=O)OC(=O)CCC(N)NC(N)=O.O=C(O)C(F)(F)F. The van der Waals surface area contributed by atoms with Gasteiger partial charge >= 0.3 is 30.1 Å². The number of amides is 2. The third-order valence-corrected chi connectivity index (χ3v) is 2.43. The summed E-state index contributed by atoms with van der Waals surface area (Å²) >= 11 is 0. The van der Waals surface area contributed by atoms with Crippen LogP contribution in [-0.4, -0.2) is 47.4 Å². The van der Waals surface area contributed by atoms with Gasteiger partial charge in [-0.05, 0) is 12.3 Å². The summed E-state index contributed by atoms with van der Waals surface area (Å²) in [5, 5.41) is 9.32. The normalized spacial score (nSPS) is 13.1. The average molecular weight is 374 g/mol. The molecule has 0 aromatic heterocycles. The van der Waals surface area contributed by atoms with Gasteiger partial charge in [-0.25, -0.2) is 14.4 Å². The molecule has 8 N–H and O–H groups in total. The van der Waals surface area contributed by atoms with Crippen molar-refractivity contribution in [3.05, 3.63) is 0 Å². The molecule has 0 saturated carbocycles. The second kappa shape index (κ2) is 11.2. The highest BCUT2D eigenvalue weighted by Crippen LogP contribution is 2.13. The van der Waals surface area contributed by atoms with E-state index in [0.29, 0.717) is 0 Å². The van der Waals surface area contributed by atoms with Gasteiger partial charge in [0, 0.05) is 6.42 Å². The first-order valence-electron chi connectivity index (χ1n) is 6.80. The van der Waals surface area contributed by atoms with Crippen molar-refractivity contribution in [3.63, 3.8) is 0 Å². The Bertz CT molecular complexity index is 484. The molecule has 2 atom stereocenters. The Labute approximate surface area is 140 Å². The molecular weight excluding hydrogens is 353 g/mol. The number of urea groups is 1. The van der Waals surface area contributed by atoms with E-state index in [1.54, 1.807) is 13.8 Å². The van der Waals surface area contributed by atoms with Gasteiger partial charge in [-0.3, -0.25) is 4.79 Å². The highest BCUT2D eigenvalue weighted by atomic mass is 19.4. The molecule has 0 aliphatic rings. The number of primary amides is 1. The van der Waals surface area contributed by atoms with Crippen LogP contribution in [0.25, 0.3) is 0 Å². The molecule has 0 fully saturated rings. The lowest BCUT2D eigenvalue weighted by atomic mass is 10.1. The number of hydrogen-bond donors (Lipinski definition) is 5. The number of carboxylic acids is 1. The van der Waals surface area contributed by atoms with Crippen LogP contribution in [0.3, 0.4) is 0 Å². The van der Waals surface area contributed by atoms with Crippen molar-refractivity contribution in [3.8, 4) is 0 Å². The van der Waals surface area contributed by atoms with Crippen molar-refractivity contribution in [2.45, 2.75) is 45.1 Å². The summed E-state index contributed by atoms with van der Waals surface area (Å²) in [6.07, 6.45) is -5.84. The Balaban J connectivity index is 0. The summed E-state index contributed by atoms with van der Waals surface area (Å²) in [4.78, 5) is 41.9. The predicted molar refractivity (Wildman–Crippen MR) is 77.5 cm³/mol. The summed E-state index contributed by atoms with van der Waals surface area (Å²) in [7, 11) is 0. The van der Waals surface area contributed by atoms with Gasteiger partial charge in [-0.2, -0.15) is 13.2 Å². The monoisotopic (exact) mass is 374 g/mol. The fraction of sp³-hybridized carbons (Fsp3) is 0.667. The van der Waals surface area contributed by atoms with Crippen LogP contribution in [0.2, 0.25) is 0 Å². The van der Waals surface area contributed by atoms with Crippen molar-refractivity contribution in [1.82, 2.24) is 5.32 Å². The van der Waals surface area contributed by atoms with Crippen molar-refractivity contribution in [2.24, 2.45) is 23.1 Å². The van der Waals surface area contributed by atoms with Gasteiger partial charge in [0.1, 0.15) is 6.04 Å². The van der Waals surface area contributed by atoms with E-state index in [1.165, 1.54) is 0 Å². The molecule has 0 saturated heterocycles. The molecule has 0 aliphatic carbocycles. The molecule has 0 aromatic carbocycles. The fourth-order valence-electron chi connectivity index (χ4n) is 1.03. The molecule has 0 aliphatic heterocycles. The number of ether oxygens (including phenoxy) is 1. The minimum atomic E-state index is -5.08. The molecule has 146 valence electrons. The van der Waals surface area contributed by atoms with Crippen molar-refractivity contribution in [2.75, 3.05) is 0 Å². The quantitative estimate of drug-likeness (QED) is 0.231. The van der Waals surface area contributed by atoms with Crippen molar-refractivity contribution >= 4 is 23.9 Å². The molecule has 0 aromatic rings. The number of carbonyl (C=O) groups is 4. The molecule has 0 radical (unpaired) electrons. The fourth-order valence-corrected chi connectivity index (χ4v) is 1.03. The summed E-state index contributed by atoms with van der Waals surface area (Å²) in [6.45, 7) is 3.48. The van der Waals surface area contributed by atoms with Gasteiger partial charge in [0.25, 0.3) is 0 Å². The van der Waals surface area contributed by atoms with Crippen molar-refractivity contribution in [1.29, 1.82) is 0 Å². The van der Waals surface area contributed by atoms with E-state index in [2.05, 4.69) is 10.1 Å². The molecule has 2 amide bonds. The molecule has 0 heterocycles. The standard InChI is InChI=1S/C10H20N4O4.C2HF3O2/c1-5(2)8(12)9(16)18-7(15)4-3-6(11)14-10(13)17;3-2(4,5)1(6)7/h5-6,8H,3-4,11-12H2,1-2H3,(H3,13,14,17);(H,6,7)/t6?,8-;/m0./s1. The molecule has 13 heteroatoms. The number of carboxylic acid groups (broad SMARTS) is 1. The van der Waals surface area contributed by atoms with Gasteiger partial charge in [-0.1, -0.05) is 13.8 Å². The minimum Gasteiger partial charge on any atom is -0.475 e. The van der Waals surface area contributed by atoms with E-state index in [-0.39, 0.29) is 18.8 Å². The van der Waals surface area contributed by atoms with Crippen LogP contribution in [-0.2, 0) is 19.1 Å². The van der Waals surface area contributed by atoms with Crippen LogP contribution in [0.5, 0.6) is 0 Å². The number of nitrogens with two attached hydrogens (primary N) is 3. The lowest BCUT2D eigenvalue weighted by Gasteiger charge is -2.14. The largest absolute Gasteiger partial charge is 0.490 e. The van der Waals surface area contributed by atoms with Crippen LogP contribution in [0, 0.1) is 5.92 Å². The zero-order valence-electron chi connectivity index (χ0n) is 13.5. The Hall–Kier alpha value is -2.41. The van der Waals surface area contributed by atoms with Crippen LogP contribution >= 0.6 is 0 Å². The minimum absolute atomic E-state index is 0.113. The van der Waals surface area contributed by atoms with E-state index >= 15 is 0 Å². The molecule has 0 bridgehead atoms. The van der Waals surface area contributed by atoms with Gasteiger partial charge < -0.3 is 32.4 Å². The van der Waals surface area contributed by atoms with E-state index in [4.69, 9.17) is 27.1 Å². The number of esters is 2. The number of halogens is 3. The van der Waals surface area contributed by atoms with Gasteiger partial charge in [-0.15, -0.1) is 0 Å². The molecule has 25 heavy (non-hydrogen) atoms. The highest BCUT2D eigenvalue weighted by molar-refractivity contribution is 5.88. The lowest BCUT2D eigenvalue weighted by Crippen LogP contribution is -2.44. The second-order valence-electron chi connectivity index (χ2n) is 5.02. The van der Waals surface area contributed by atoms with Crippen LogP contribution in [0.1, 0.15) is 26.7 Å². The number of hydrogen-bond acceptors (Lipinski definition) is 7. The molecule has 0 rings (SSSR count). The summed E-state index contributed by atoms with van der Waals surface area (Å²) in [6, 6.07) is -1.62. The predicted octanol–water partition coefficient (Wildman–Crippen LogP) is -0.594. The number of aliphatic carboxylic acids is 1. The smallest absolute Gasteiger partial charge is 0.475 e. The van der Waals surface area contributed by atoms with Crippen LogP contribution in [0.4, 0.5) is 18.0 Å². The number of alkyl halides is 3. The molecular formula is C12H21F3N4O6. The first-order valence-corrected chi connectivity index (χ1v) is 6.80. The maximum atomic E-state index is 11.3. The Morgan fingerprint density at radius 1 is 1.16 bits per heavy atom. The zero-order valence-corrected chi connectivity index (χ0v) is 13.5. The van der Waals surface area contributed by atoms with Gasteiger partial charge in [0.2, 0.25) is 0 Å². The summed E-state index contributed by atoms with van der Waals surface area (Å²) in [5.74, 6) is -4.39. The van der Waals surface area contributed by atoms with E-state index in [9.17, 15) is 27.6 Å². The summed E-state index contributed by atoms with van der Waals surface area (Å²) in [5.41, 5.74) is 15.8. The first-order chi connectivity index (χ1) is 11.2. The second-order valence-corrected chi connectivity index (χ2v) is 5.02. The Morgan fingerprint density at radius 3 is 1.92 bits per heavy atom. The van der Waals surface area contributed by atoms with Gasteiger partial charge in [0.15, 0.2) is 0 Å². The van der Waals surface area contributed by atoms with Crippen LogP contribution < -0.4 is 22.5 Å². The van der Waals surface area contributed by atoms with E-state index in [0.717, 1.165) is 0 Å². The molecule has 1 unspecified atom stereocenters. The Kier molecular flexibility index (Phi) is 11.1. The molecule has 0 spiro atoms. The van der Waals surface area contributed by atoms with Gasteiger partial charge in [0.05, 0.1) is 6.17 Å². The Morgan fingerprint density at radius 2 is 1.60 bits per heavy atom. The first kappa shape index (κ1) is 24.8. The number of rotatable bonds is 6. The summed E-state index contributed by atoms with van der Waals surface area (Å²) < 4.78 is 36.3. The third kappa shape index (κ3) is 13.7. The third-order valence-electron chi connectivity index (χ3n) is 2.43. The topological polar surface area (TPSA) is 188 Å². The van der Waals surface area contributed by atoms with Crippen molar-refractivity contribution < 1.29 is 42.2 Å².